The summed E-state index contributed by atoms with van der Waals surface area (Å²) in [6.07, 6.45) is 0.866. The molecule has 0 aliphatic carbocycles. The summed E-state index contributed by atoms with van der Waals surface area (Å²) in [6, 6.07) is 5.84. The molecule has 13 heavy (non-hydrogen) atoms. The smallest absolute Gasteiger partial charge is 0.160 e. The Bertz CT molecular complexity index is 342. The molecule has 0 saturated carbocycles. The third-order valence-electron chi connectivity index (χ3n) is 2.41. The highest BCUT2D eigenvalue weighted by atomic mass is 16.5. The predicted molar refractivity (Wildman–Crippen MR) is 49.8 cm³/mol. The van der Waals surface area contributed by atoms with Crippen molar-refractivity contribution < 1.29 is 9.53 Å². The first-order chi connectivity index (χ1) is 6.29. The summed E-state index contributed by atoms with van der Waals surface area (Å²) in [4.78, 5) is 11.3. The van der Waals surface area contributed by atoms with E-state index in [1.165, 1.54) is 11.1 Å². The van der Waals surface area contributed by atoms with Crippen molar-refractivity contribution in [3.05, 3.63) is 34.9 Å². The van der Waals surface area contributed by atoms with E-state index in [2.05, 4.69) is 0 Å². The second-order valence-corrected chi connectivity index (χ2v) is 3.30. The summed E-state index contributed by atoms with van der Waals surface area (Å²) < 4.78 is 5.32. The van der Waals surface area contributed by atoms with E-state index < -0.39 is 0 Å². The zero-order valence-electron chi connectivity index (χ0n) is 7.67. The molecule has 0 amide bonds. The van der Waals surface area contributed by atoms with E-state index in [1.807, 2.05) is 18.2 Å². The lowest BCUT2D eigenvalue weighted by Crippen LogP contribution is -2.13. The van der Waals surface area contributed by atoms with Gasteiger partial charge in [0.15, 0.2) is 5.78 Å². The summed E-state index contributed by atoms with van der Waals surface area (Å²) in [6.45, 7) is 3.00. The summed E-state index contributed by atoms with van der Waals surface area (Å²) in [5.74, 6) is 0.152. The maximum Gasteiger partial charge on any atom is 0.160 e. The Morgan fingerprint density at radius 2 is 2.31 bits per heavy atom. The molecule has 0 spiro atoms. The van der Waals surface area contributed by atoms with E-state index in [4.69, 9.17) is 4.74 Å². The maximum absolute atomic E-state index is 11.3. The molecule has 1 aliphatic heterocycles. The topological polar surface area (TPSA) is 26.3 Å². The lowest BCUT2D eigenvalue weighted by molar-refractivity contribution is 0.0996. The Morgan fingerprint density at radius 1 is 1.46 bits per heavy atom. The molecule has 0 atom stereocenters. The van der Waals surface area contributed by atoms with Gasteiger partial charge in [-0.2, -0.15) is 0 Å². The Labute approximate surface area is 77.5 Å². The fraction of sp³-hybridized carbons (Fsp3) is 0.364. The standard InChI is InChI=1S/C11H12O2/c1-8(12)10-4-2-3-9-7-13-6-5-11(9)10/h2-4H,5-7H2,1H3. The van der Waals surface area contributed by atoms with Crippen LogP contribution in [0.25, 0.3) is 0 Å². The molecule has 1 aromatic carbocycles. The van der Waals surface area contributed by atoms with E-state index in [0.29, 0.717) is 6.61 Å². The van der Waals surface area contributed by atoms with Crippen LogP contribution in [0.1, 0.15) is 28.4 Å². The number of hydrogen-bond donors (Lipinski definition) is 0. The number of fused-ring (bicyclic) bond motifs is 1. The normalized spacial score (nSPS) is 15.2. The third kappa shape index (κ3) is 1.49. The molecule has 68 valence electrons. The first-order valence-electron chi connectivity index (χ1n) is 4.48. The second-order valence-electron chi connectivity index (χ2n) is 3.30. The van der Waals surface area contributed by atoms with Gasteiger partial charge in [-0.3, -0.25) is 4.79 Å². The van der Waals surface area contributed by atoms with Gasteiger partial charge >= 0.3 is 0 Å². The minimum absolute atomic E-state index is 0.152. The van der Waals surface area contributed by atoms with Crippen LogP contribution in [0.15, 0.2) is 18.2 Å². The lowest BCUT2D eigenvalue weighted by Gasteiger charge is -2.18. The van der Waals surface area contributed by atoms with Gasteiger partial charge in [0, 0.05) is 5.56 Å². The molecular weight excluding hydrogens is 164 g/mol. The minimum Gasteiger partial charge on any atom is -0.376 e. The highest BCUT2D eigenvalue weighted by Crippen LogP contribution is 2.20. The van der Waals surface area contributed by atoms with Crippen molar-refractivity contribution in [1.82, 2.24) is 0 Å². The average molecular weight is 176 g/mol. The molecule has 1 heterocycles. The van der Waals surface area contributed by atoms with Crippen LogP contribution in [-0.4, -0.2) is 12.4 Å². The summed E-state index contributed by atoms with van der Waals surface area (Å²) in [5.41, 5.74) is 3.21. The fourth-order valence-corrected chi connectivity index (χ4v) is 1.75. The molecule has 1 aromatic rings. The van der Waals surface area contributed by atoms with Crippen molar-refractivity contribution in [3.63, 3.8) is 0 Å². The summed E-state index contributed by atoms with van der Waals surface area (Å²) >= 11 is 0. The predicted octanol–water partition coefficient (Wildman–Crippen LogP) is 1.96. The van der Waals surface area contributed by atoms with E-state index in [1.54, 1.807) is 6.92 Å². The number of carbonyl (C=O) groups is 1. The number of rotatable bonds is 1. The van der Waals surface area contributed by atoms with Crippen LogP contribution in [0.3, 0.4) is 0 Å². The van der Waals surface area contributed by atoms with Gasteiger partial charge in [0.2, 0.25) is 0 Å². The lowest BCUT2D eigenvalue weighted by atomic mass is 9.95. The van der Waals surface area contributed by atoms with Crippen LogP contribution in [0, 0.1) is 0 Å². The van der Waals surface area contributed by atoms with Gasteiger partial charge in [-0.25, -0.2) is 0 Å². The summed E-state index contributed by atoms with van der Waals surface area (Å²) in [5, 5.41) is 0. The number of carbonyl (C=O) groups excluding carboxylic acids is 1. The van der Waals surface area contributed by atoms with Gasteiger partial charge in [-0.05, 0) is 24.5 Å². The number of ketones is 1. The Hall–Kier alpha value is -1.15. The molecule has 0 radical (unpaired) electrons. The Kier molecular flexibility index (Phi) is 2.15. The van der Waals surface area contributed by atoms with Gasteiger partial charge in [0.25, 0.3) is 0 Å². The first-order valence-corrected chi connectivity index (χ1v) is 4.48. The van der Waals surface area contributed by atoms with Crippen LogP contribution >= 0.6 is 0 Å². The molecule has 2 nitrogen and oxygen atoms in total. The molecule has 0 aromatic heterocycles. The zero-order chi connectivity index (χ0) is 9.26. The van der Waals surface area contributed by atoms with Gasteiger partial charge in [-0.1, -0.05) is 18.2 Å². The Morgan fingerprint density at radius 3 is 3.08 bits per heavy atom. The zero-order valence-corrected chi connectivity index (χ0v) is 7.67. The highest BCUT2D eigenvalue weighted by molar-refractivity contribution is 5.95. The van der Waals surface area contributed by atoms with Crippen molar-refractivity contribution in [1.29, 1.82) is 0 Å². The number of Topliss-reactive ketones (excluding diaryl/α,β-unsaturated/α-hetero) is 1. The van der Waals surface area contributed by atoms with Gasteiger partial charge in [0.05, 0.1) is 13.2 Å². The van der Waals surface area contributed by atoms with Gasteiger partial charge < -0.3 is 4.74 Å². The van der Waals surface area contributed by atoms with Crippen molar-refractivity contribution >= 4 is 5.78 Å². The second kappa shape index (κ2) is 3.30. The molecule has 0 N–H and O–H groups in total. The van der Waals surface area contributed by atoms with Gasteiger partial charge in [0.1, 0.15) is 0 Å². The minimum atomic E-state index is 0.152. The van der Waals surface area contributed by atoms with E-state index in [0.717, 1.165) is 18.6 Å². The highest BCUT2D eigenvalue weighted by Gasteiger charge is 2.14. The first kappa shape index (κ1) is 8.45. The van der Waals surface area contributed by atoms with Crippen molar-refractivity contribution in [2.24, 2.45) is 0 Å². The molecular formula is C11H12O2. The molecule has 0 fully saturated rings. The summed E-state index contributed by atoms with van der Waals surface area (Å²) in [7, 11) is 0. The SMILES string of the molecule is CC(=O)c1cccc2c1CCOC2. The maximum atomic E-state index is 11.3. The van der Waals surface area contributed by atoms with Crippen LogP contribution < -0.4 is 0 Å². The van der Waals surface area contributed by atoms with E-state index in [9.17, 15) is 4.79 Å². The van der Waals surface area contributed by atoms with E-state index in [-0.39, 0.29) is 5.78 Å². The van der Waals surface area contributed by atoms with E-state index >= 15 is 0 Å². The number of hydrogen-bond acceptors (Lipinski definition) is 2. The Balaban J connectivity index is 2.52. The van der Waals surface area contributed by atoms with Crippen LogP contribution in [0.4, 0.5) is 0 Å². The number of ether oxygens (including phenoxy) is 1. The largest absolute Gasteiger partial charge is 0.376 e. The quantitative estimate of drug-likeness (QED) is 0.611. The fourth-order valence-electron chi connectivity index (χ4n) is 1.75. The molecule has 2 rings (SSSR count). The third-order valence-corrected chi connectivity index (χ3v) is 2.41. The molecule has 0 bridgehead atoms. The van der Waals surface area contributed by atoms with Crippen molar-refractivity contribution in [2.45, 2.75) is 20.0 Å². The molecule has 0 saturated heterocycles. The van der Waals surface area contributed by atoms with Crippen LogP contribution in [0.2, 0.25) is 0 Å². The average Bonchev–Trinajstić information content (AvgIpc) is 2.17. The van der Waals surface area contributed by atoms with Gasteiger partial charge in [-0.15, -0.1) is 0 Å². The van der Waals surface area contributed by atoms with Crippen LogP contribution in [-0.2, 0) is 17.8 Å². The monoisotopic (exact) mass is 176 g/mol. The molecule has 2 heteroatoms. The van der Waals surface area contributed by atoms with Crippen molar-refractivity contribution in [3.8, 4) is 0 Å². The molecule has 1 aliphatic rings. The van der Waals surface area contributed by atoms with Crippen molar-refractivity contribution in [2.75, 3.05) is 6.61 Å². The number of benzene rings is 1. The van der Waals surface area contributed by atoms with Crippen LogP contribution in [0.5, 0.6) is 0 Å². The molecule has 0 unspecified atom stereocenters.